The molecule has 4 aromatic rings. The molecule has 0 saturated carbocycles. The number of pyridine rings is 2. The van der Waals surface area contributed by atoms with E-state index >= 15 is 0 Å². The van der Waals surface area contributed by atoms with E-state index in [2.05, 4.69) is 27.3 Å². The summed E-state index contributed by atoms with van der Waals surface area (Å²) >= 11 is 1.53. The van der Waals surface area contributed by atoms with Gasteiger partial charge in [-0.3, -0.25) is 14.2 Å². The van der Waals surface area contributed by atoms with Gasteiger partial charge >= 0.3 is 0 Å². The number of ether oxygens (including phenoxy) is 1. The smallest absolute Gasteiger partial charge is 0.200 e. The molecule has 5 rings (SSSR count). The van der Waals surface area contributed by atoms with Crippen LogP contribution in [0.3, 0.4) is 0 Å². The number of hydrogen-bond donors (Lipinski definition) is 0. The van der Waals surface area contributed by atoms with Gasteiger partial charge in [0, 0.05) is 41.5 Å². The molecule has 0 spiro atoms. The average Bonchev–Trinajstić information content (AvgIpc) is 3.16. The molecule has 1 fully saturated rings. The van der Waals surface area contributed by atoms with Gasteiger partial charge in [0.15, 0.2) is 16.6 Å². The van der Waals surface area contributed by atoms with E-state index in [0.29, 0.717) is 11.5 Å². The molecule has 0 atom stereocenters. The van der Waals surface area contributed by atoms with Gasteiger partial charge < -0.3 is 4.74 Å². The number of aromatic nitrogens is 4. The molecule has 1 aromatic carbocycles. The fraction of sp³-hybridized carbons (Fsp3) is 0.304. The van der Waals surface area contributed by atoms with Crippen LogP contribution < -0.4 is 0 Å². The molecule has 6 nitrogen and oxygen atoms in total. The zero-order chi connectivity index (χ0) is 20.5. The molecule has 0 radical (unpaired) electrons. The van der Waals surface area contributed by atoms with Crippen molar-refractivity contribution >= 4 is 34.1 Å². The van der Waals surface area contributed by atoms with Crippen molar-refractivity contribution in [3.8, 4) is 0 Å². The third-order valence-electron chi connectivity index (χ3n) is 5.56. The van der Waals surface area contributed by atoms with E-state index in [-0.39, 0.29) is 5.78 Å². The predicted molar refractivity (Wildman–Crippen MR) is 116 cm³/mol. The monoisotopic (exact) mass is 418 g/mol. The Morgan fingerprint density at radius 2 is 2.03 bits per heavy atom. The lowest BCUT2D eigenvalue weighted by atomic mass is 9.93. The molecular formula is C23H22N4O2S. The second kappa shape index (κ2) is 8.16. The molecular weight excluding hydrogens is 396 g/mol. The van der Waals surface area contributed by atoms with Crippen molar-refractivity contribution in [1.82, 2.24) is 19.6 Å². The molecule has 3 aromatic heterocycles. The molecule has 1 aliphatic rings. The maximum atomic E-state index is 11.7. The number of carbonyl (C=O) groups is 1. The Morgan fingerprint density at radius 1 is 1.17 bits per heavy atom. The van der Waals surface area contributed by atoms with Crippen molar-refractivity contribution in [3.05, 3.63) is 59.9 Å². The Labute approximate surface area is 178 Å². The summed E-state index contributed by atoms with van der Waals surface area (Å²) in [5, 5.41) is 10.4. The Morgan fingerprint density at radius 3 is 2.87 bits per heavy atom. The normalized spacial score (nSPS) is 15.1. The minimum atomic E-state index is 0.0235. The first-order chi connectivity index (χ1) is 14.7. The number of fused-ring (bicyclic) bond motifs is 2. The summed E-state index contributed by atoms with van der Waals surface area (Å²) < 4.78 is 7.34. The first-order valence-corrected chi connectivity index (χ1v) is 11.0. The molecule has 1 saturated heterocycles. The van der Waals surface area contributed by atoms with Crippen LogP contribution in [0, 0.1) is 5.92 Å². The fourth-order valence-electron chi connectivity index (χ4n) is 3.87. The van der Waals surface area contributed by atoms with E-state index < -0.39 is 0 Å². The van der Waals surface area contributed by atoms with Crippen LogP contribution in [0.4, 0.5) is 0 Å². The fourth-order valence-corrected chi connectivity index (χ4v) is 4.73. The van der Waals surface area contributed by atoms with Gasteiger partial charge in [0.2, 0.25) is 0 Å². The highest BCUT2D eigenvalue weighted by Gasteiger charge is 2.15. The molecule has 152 valence electrons. The Hall–Kier alpha value is -2.77. The van der Waals surface area contributed by atoms with Crippen molar-refractivity contribution < 1.29 is 9.53 Å². The molecule has 7 heteroatoms. The van der Waals surface area contributed by atoms with Gasteiger partial charge in [-0.25, -0.2) is 0 Å². The topological polar surface area (TPSA) is 69.4 Å². The molecule has 0 bridgehead atoms. The van der Waals surface area contributed by atoms with E-state index in [0.717, 1.165) is 59.1 Å². The number of ketones is 1. The standard InChI is InChI=1S/C23H22N4O2S/c1-15(28)18-2-5-22-25-26-23(27(22)14-18)30-20-3-4-21-19(12-20)11-17(13-24-21)10-16-6-8-29-9-7-16/h2-5,11-14,16H,6-10H2,1H3. The maximum absolute atomic E-state index is 11.7. The van der Waals surface area contributed by atoms with Crippen molar-refractivity contribution in [3.63, 3.8) is 0 Å². The minimum Gasteiger partial charge on any atom is -0.381 e. The lowest BCUT2D eigenvalue weighted by Crippen LogP contribution is -2.17. The molecule has 1 aliphatic heterocycles. The van der Waals surface area contributed by atoms with Crippen LogP contribution in [0.5, 0.6) is 0 Å². The van der Waals surface area contributed by atoms with Crippen LogP contribution in [0.1, 0.15) is 35.7 Å². The summed E-state index contributed by atoms with van der Waals surface area (Å²) in [6.07, 6.45) is 7.09. The Balaban J connectivity index is 1.42. The Kier molecular flexibility index (Phi) is 5.23. The third-order valence-corrected chi connectivity index (χ3v) is 6.51. The maximum Gasteiger partial charge on any atom is 0.200 e. The van der Waals surface area contributed by atoms with Crippen molar-refractivity contribution in [2.24, 2.45) is 5.92 Å². The second-order valence-corrected chi connectivity index (χ2v) is 8.79. The SMILES string of the molecule is CC(=O)c1ccc2nnc(Sc3ccc4ncc(CC5CCOCC5)cc4c3)n2c1. The third kappa shape index (κ3) is 3.95. The van der Waals surface area contributed by atoms with E-state index in [1.807, 2.05) is 28.8 Å². The number of benzene rings is 1. The highest BCUT2D eigenvalue weighted by Crippen LogP contribution is 2.30. The molecule has 4 heterocycles. The minimum absolute atomic E-state index is 0.0235. The Bertz CT molecular complexity index is 1230. The van der Waals surface area contributed by atoms with E-state index in [1.165, 1.54) is 17.3 Å². The number of hydrogen-bond acceptors (Lipinski definition) is 6. The number of nitrogens with zero attached hydrogens (tertiary/aromatic N) is 4. The molecule has 0 unspecified atom stereocenters. The highest BCUT2D eigenvalue weighted by molar-refractivity contribution is 7.99. The predicted octanol–water partition coefficient (Wildman–Crippen LogP) is 4.60. The number of rotatable bonds is 5. The number of carbonyl (C=O) groups excluding carboxylic acids is 1. The van der Waals surface area contributed by atoms with Gasteiger partial charge in [0.25, 0.3) is 0 Å². The van der Waals surface area contributed by atoms with Gasteiger partial charge in [-0.2, -0.15) is 0 Å². The van der Waals surface area contributed by atoms with E-state index in [9.17, 15) is 4.79 Å². The average molecular weight is 419 g/mol. The summed E-state index contributed by atoms with van der Waals surface area (Å²) in [4.78, 5) is 17.4. The zero-order valence-electron chi connectivity index (χ0n) is 16.7. The van der Waals surface area contributed by atoms with Crippen LogP contribution in [-0.4, -0.2) is 38.6 Å². The van der Waals surface area contributed by atoms with Crippen molar-refractivity contribution in [1.29, 1.82) is 0 Å². The quantitative estimate of drug-likeness (QED) is 0.441. The van der Waals surface area contributed by atoms with Crippen LogP contribution in [0.2, 0.25) is 0 Å². The summed E-state index contributed by atoms with van der Waals surface area (Å²) in [6.45, 7) is 3.29. The lowest BCUT2D eigenvalue weighted by Gasteiger charge is -2.21. The molecule has 0 aliphatic carbocycles. The molecule has 0 amide bonds. The van der Waals surface area contributed by atoms with Crippen LogP contribution in [0.15, 0.2) is 58.8 Å². The van der Waals surface area contributed by atoms with E-state index in [4.69, 9.17) is 4.74 Å². The summed E-state index contributed by atoms with van der Waals surface area (Å²) in [7, 11) is 0. The van der Waals surface area contributed by atoms with Gasteiger partial charge in [-0.1, -0.05) is 0 Å². The van der Waals surface area contributed by atoms with E-state index in [1.54, 1.807) is 19.2 Å². The summed E-state index contributed by atoms with van der Waals surface area (Å²) in [5.74, 6) is 0.698. The first kappa shape index (κ1) is 19.2. The van der Waals surface area contributed by atoms with Crippen LogP contribution >= 0.6 is 11.8 Å². The highest BCUT2D eigenvalue weighted by atomic mass is 32.2. The second-order valence-electron chi connectivity index (χ2n) is 7.74. The summed E-state index contributed by atoms with van der Waals surface area (Å²) in [6, 6.07) is 12.1. The summed E-state index contributed by atoms with van der Waals surface area (Å²) in [5.41, 5.74) is 3.63. The lowest BCUT2D eigenvalue weighted by molar-refractivity contribution is 0.0665. The largest absolute Gasteiger partial charge is 0.381 e. The van der Waals surface area contributed by atoms with Crippen molar-refractivity contribution in [2.45, 2.75) is 36.2 Å². The van der Waals surface area contributed by atoms with Gasteiger partial charge in [-0.05, 0) is 85.8 Å². The zero-order valence-corrected chi connectivity index (χ0v) is 17.6. The van der Waals surface area contributed by atoms with Crippen LogP contribution in [-0.2, 0) is 11.2 Å². The van der Waals surface area contributed by atoms with Crippen molar-refractivity contribution in [2.75, 3.05) is 13.2 Å². The number of Topliss-reactive ketones (excluding diaryl/α,β-unsaturated/α-hetero) is 1. The molecule has 30 heavy (non-hydrogen) atoms. The van der Waals surface area contributed by atoms with Gasteiger partial charge in [0.05, 0.1) is 5.52 Å². The van der Waals surface area contributed by atoms with Gasteiger partial charge in [-0.15, -0.1) is 10.2 Å². The van der Waals surface area contributed by atoms with Gasteiger partial charge in [0.1, 0.15) is 0 Å². The molecule has 0 N–H and O–H groups in total. The first-order valence-electron chi connectivity index (χ1n) is 10.2. The van der Waals surface area contributed by atoms with Crippen LogP contribution in [0.25, 0.3) is 16.6 Å².